The minimum atomic E-state index is -3.39. The summed E-state index contributed by atoms with van der Waals surface area (Å²) in [6.07, 6.45) is 1.35. The molecule has 97 heavy (non-hydrogen) atoms. The zero-order chi connectivity index (χ0) is 72.0. The van der Waals surface area contributed by atoms with E-state index in [-0.39, 0.29) is 31.6 Å². The normalized spacial score (nSPS) is 17.4. The van der Waals surface area contributed by atoms with Crippen LogP contribution in [0.25, 0.3) is 44.6 Å². The van der Waals surface area contributed by atoms with Crippen LogP contribution in [0.3, 0.4) is 0 Å². The molecule has 7 aromatic carbocycles. The summed E-state index contributed by atoms with van der Waals surface area (Å²) in [7, 11) is -1.36. The maximum Gasteiger partial charge on any atom is 0.308 e. The van der Waals surface area contributed by atoms with Gasteiger partial charge in [0.15, 0.2) is 8.32 Å². The first-order valence-electron chi connectivity index (χ1n) is 32.2. The molecule has 2 fully saturated rings. The molecule has 1 saturated carbocycles. The van der Waals surface area contributed by atoms with Crippen molar-refractivity contribution in [3.8, 4) is 22.5 Å². The van der Waals surface area contributed by atoms with Crippen LogP contribution >= 0.6 is 7.92 Å². The number of benzene rings is 7. The fourth-order valence-corrected chi connectivity index (χ4v) is 14.2. The van der Waals surface area contributed by atoms with Gasteiger partial charge in [0.2, 0.25) is 33.5 Å². The van der Waals surface area contributed by atoms with Gasteiger partial charge in [0.25, 0.3) is 0 Å². The lowest BCUT2D eigenvalue weighted by Gasteiger charge is -2.45. The lowest BCUT2D eigenvalue weighted by Crippen LogP contribution is -2.62. The first-order valence-corrected chi connectivity index (χ1v) is 39.1. The van der Waals surface area contributed by atoms with Crippen molar-refractivity contribution >= 4 is 94.7 Å². The number of carbonyl (C=O) groups excluding carboxylic acids is 4. The number of carboxylic acids is 2. The van der Waals surface area contributed by atoms with Crippen molar-refractivity contribution in [3.05, 3.63) is 190 Å². The number of aromatic nitrogens is 4. The fourth-order valence-electron chi connectivity index (χ4n) is 10.9. The Morgan fingerprint density at radius 3 is 1.52 bits per heavy atom. The van der Waals surface area contributed by atoms with Crippen LogP contribution in [0.15, 0.2) is 155 Å². The predicted molar refractivity (Wildman–Crippen MR) is 392 cm³/mol. The molecule has 2 aromatic heterocycles. The van der Waals surface area contributed by atoms with Crippen molar-refractivity contribution in [2.24, 2.45) is 41.4 Å². The molecule has 18 nitrogen and oxygen atoms in total. The van der Waals surface area contributed by atoms with Crippen molar-refractivity contribution in [1.29, 1.82) is 0 Å². The molecule has 7 N–H and O–H groups in total. The van der Waals surface area contributed by atoms with Crippen LogP contribution in [-0.2, 0) is 43.0 Å². The topological polar surface area (TPSA) is 280 Å². The molecule has 3 heterocycles. The van der Waals surface area contributed by atoms with Gasteiger partial charge in [0.1, 0.15) is 11.6 Å². The van der Waals surface area contributed by atoms with E-state index < -0.39 is 65.6 Å². The summed E-state index contributed by atoms with van der Waals surface area (Å²) in [5, 5.41) is 27.3. The Balaban J connectivity index is 0.000000196. The Bertz CT molecular complexity index is 4360. The van der Waals surface area contributed by atoms with Gasteiger partial charge in [-0.3, -0.25) is 34.1 Å². The second kappa shape index (κ2) is 33.8. The smallest absolute Gasteiger partial charge is 0.308 e. The summed E-state index contributed by atoms with van der Waals surface area (Å²) in [5.74, 6) is -7.43. The molecule has 7 unspecified atom stereocenters. The number of carboxylic acid groups (broad SMARTS) is 2. The highest BCUT2D eigenvalue weighted by Gasteiger charge is 2.63. The minimum Gasteiger partial charge on any atom is -0.481 e. The molecule has 4 amide bonds. The molecule has 7 atom stereocenters. The summed E-state index contributed by atoms with van der Waals surface area (Å²) >= 11 is 0. The van der Waals surface area contributed by atoms with Crippen LogP contribution in [0, 0.1) is 96.8 Å². The molecular weight excluding hydrogens is 1280 g/mol. The van der Waals surface area contributed by atoms with Crippen molar-refractivity contribution in [2.45, 2.75) is 113 Å². The minimum absolute atomic E-state index is 0.0849. The third kappa shape index (κ3) is 20.8. The fraction of sp³-hybridized carbons (Fsp3) is 0.342. The van der Waals surface area contributed by atoms with Gasteiger partial charge < -0.3 is 35.2 Å². The number of fused-ring (bicyclic) bond motifs is 2. The molecule has 9 aromatic rings. The van der Waals surface area contributed by atoms with E-state index in [4.69, 9.17) is 9.41 Å². The van der Waals surface area contributed by atoms with Crippen molar-refractivity contribution in [1.82, 2.24) is 30.6 Å². The molecule has 2 aliphatic rings. The molecule has 1 aliphatic heterocycles. The van der Waals surface area contributed by atoms with Crippen LogP contribution < -0.4 is 21.3 Å². The standard InChI is InChI=1S/C23H20N4.C17H20N2O6.C15H16O2S.C11H17P.C6H9NO2.C4H12OSi/c1-13-4-5-18(10-14(13)2)23-26-20-9-7-17(12-22(20)27-23)16-6-8-19-21(11-16)25-15(3)24-19;1-7-4-8(2)6-9(5-7)19-15(21)11-10(14(20)18-3)12(16(22)23)13(11)17(24)25;1-11-4-7-14(8-5-11)18(16,17)15-9-6-12(2)13(3)10-15;1-10(2)9-12(3)11-7-5-4-6-8-11;1-3-4(2)6(9)7-5(3)8;1-5-6(2,3)4/h4-12H,1-3H3,(H,24,25)(H,26,27);4-6,10-13H,1-3H3,(H,18,20)(H,19,21)(H,22,23)(H,24,25);4-10H,1-3H3;4-8,10H,9H2,1-3H3;3-4H,1-2H3,(H,7,8,9);1-4H3. The number of nitrogens with zero attached hydrogens (tertiary/aromatic N) is 2. The van der Waals surface area contributed by atoms with Crippen LogP contribution in [-0.4, -0.2) is 109 Å². The van der Waals surface area contributed by atoms with Crippen molar-refractivity contribution in [2.75, 3.05) is 32.3 Å². The number of imidazole rings is 2. The van der Waals surface area contributed by atoms with Crippen LogP contribution in [0.1, 0.15) is 72.5 Å². The highest BCUT2D eigenvalue weighted by molar-refractivity contribution is 7.91. The van der Waals surface area contributed by atoms with E-state index in [9.17, 15) is 47.4 Å². The Hall–Kier alpha value is -8.94. The Morgan fingerprint density at radius 1 is 0.577 bits per heavy atom. The molecule has 1 aliphatic carbocycles. The highest BCUT2D eigenvalue weighted by Crippen LogP contribution is 2.47. The number of H-pyrrole nitrogens is 2. The number of carbonyl (C=O) groups is 6. The predicted octanol–water partition coefficient (Wildman–Crippen LogP) is 14.2. The summed E-state index contributed by atoms with van der Waals surface area (Å²) < 4.78 is 29.9. The van der Waals surface area contributed by atoms with E-state index in [0.29, 0.717) is 15.5 Å². The number of hydrogen-bond acceptors (Lipinski definition) is 11. The van der Waals surface area contributed by atoms with E-state index in [0.717, 1.165) is 84.1 Å². The van der Waals surface area contributed by atoms with Crippen LogP contribution in [0.4, 0.5) is 5.69 Å². The summed E-state index contributed by atoms with van der Waals surface area (Å²) in [6.45, 7) is 32.7. The molecule has 0 bridgehead atoms. The van der Waals surface area contributed by atoms with E-state index in [1.54, 1.807) is 57.4 Å². The van der Waals surface area contributed by atoms with E-state index in [1.807, 2.05) is 65.8 Å². The number of aryl methyl sites for hydroxylation is 8. The Kier molecular flexibility index (Phi) is 26.9. The first kappa shape index (κ1) is 77.1. The number of aromatic amines is 2. The Morgan fingerprint density at radius 2 is 1.05 bits per heavy atom. The molecule has 1 saturated heterocycles. The van der Waals surface area contributed by atoms with Gasteiger partial charge >= 0.3 is 11.9 Å². The molecule has 0 spiro atoms. The second-order valence-electron chi connectivity index (χ2n) is 26.3. The van der Waals surface area contributed by atoms with E-state index in [2.05, 4.69) is 170 Å². The zero-order valence-electron chi connectivity index (χ0n) is 58.9. The zero-order valence-corrected chi connectivity index (χ0v) is 61.6. The largest absolute Gasteiger partial charge is 0.481 e. The molecule has 0 radical (unpaired) electrons. The van der Waals surface area contributed by atoms with Crippen molar-refractivity contribution < 1.29 is 51.8 Å². The SMILES string of the molecule is CC(C)CP(C)c1ccccc1.CC1C(=O)NC(=O)C1C.CNC(=O)C1C(C(=O)O)C(C(=O)O)C1C(=O)Nc1cc(C)cc(C)c1.CO[Si](C)(C)C.Cc1ccc(S(=O)(=O)c2ccc(C)c(C)c2)cc1.Cc1nc2ccc(-c3ccc4nc(-c5ccc(C)c(C)c5)[nH]c4c3)cc2[nH]1. The maximum atomic E-state index is 12.6. The lowest BCUT2D eigenvalue weighted by atomic mass is 9.55. The van der Waals surface area contributed by atoms with Gasteiger partial charge in [-0.1, -0.05) is 120 Å². The Labute approximate surface area is 573 Å². The number of rotatable bonds is 13. The summed E-state index contributed by atoms with van der Waals surface area (Å²) in [6, 6.07) is 47.5. The van der Waals surface area contributed by atoms with Gasteiger partial charge in [-0.2, -0.15) is 0 Å². The van der Waals surface area contributed by atoms with Gasteiger partial charge in [0.05, 0.1) is 55.5 Å². The number of anilines is 1. The molecule has 514 valence electrons. The van der Waals surface area contributed by atoms with E-state index in [1.165, 1.54) is 29.6 Å². The number of sulfone groups is 1. The van der Waals surface area contributed by atoms with Gasteiger partial charge in [-0.15, -0.1) is 0 Å². The van der Waals surface area contributed by atoms with Crippen LogP contribution in [0.5, 0.6) is 0 Å². The number of imide groups is 1. The first-order chi connectivity index (χ1) is 45.5. The molecular formula is C76H94N7O11PSSi. The number of amides is 4. The number of aliphatic carboxylic acids is 2. The maximum absolute atomic E-state index is 12.6. The summed E-state index contributed by atoms with van der Waals surface area (Å²) in [5.41, 5.74) is 15.5. The highest BCUT2D eigenvalue weighted by atomic mass is 32.2. The summed E-state index contributed by atoms with van der Waals surface area (Å²) in [4.78, 5) is 85.5. The van der Waals surface area contributed by atoms with Gasteiger partial charge in [-0.25, -0.2) is 18.4 Å². The average Bonchev–Trinajstić information content (AvgIpc) is 1.57. The quantitative estimate of drug-likeness (QED) is 0.0322. The molecule has 11 rings (SSSR count). The third-order valence-corrected chi connectivity index (χ3v) is 22.5. The molecule has 21 heteroatoms. The number of hydrogen-bond donors (Lipinski definition) is 7. The van der Waals surface area contributed by atoms with Crippen LogP contribution in [0.2, 0.25) is 19.6 Å². The monoisotopic (exact) mass is 1370 g/mol. The third-order valence-electron chi connectivity index (χ3n) is 17.0. The number of nitrogens with one attached hydrogen (secondary N) is 5. The van der Waals surface area contributed by atoms with Gasteiger partial charge in [-0.05, 0) is 210 Å². The lowest BCUT2D eigenvalue weighted by molar-refractivity contribution is -0.180. The van der Waals surface area contributed by atoms with Crippen molar-refractivity contribution in [3.63, 3.8) is 0 Å². The average molecular weight is 1370 g/mol. The second-order valence-corrected chi connectivity index (χ2v) is 35.2. The van der Waals surface area contributed by atoms with Gasteiger partial charge in [0, 0.05) is 37.2 Å². The van der Waals surface area contributed by atoms with E-state index >= 15 is 0 Å².